The molecule has 0 aliphatic rings. The normalized spacial score (nSPS) is 12.0. The molecule has 0 bridgehead atoms. The Morgan fingerprint density at radius 2 is 2.00 bits per heavy atom. The van der Waals surface area contributed by atoms with Crippen molar-refractivity contribution in [2.45, 2.75) is 26.3 Å². The van der Waals surface area contributed by atoms with E-state index in [2.05, 4.69) is 10.3 Å². The van der Waals surface area contributed by atoms with Crippen LogP contribution in [-0.2, 0) is 11.2 Å². The summed E-state index contributed by atoms with van der Waals surface area (Å²) in [5.41, 5.74) is 1.14. The van der Waals surface area contributed by atoms with Crippen LogP contribution in [0.1, 0.15) is 38.9 Å². The second kappa shape index (κ2) is 6.65. The average Bonchev–Trinajstić information content (AvgIpc) is 2.83. The van der Waals surface area contributed by atoms with Crippen LogP contribution in [0, 0.1) is 12.7 Å². The predicted octanol–water partition coefficient (Wildman–Crippen LogP) is 2.71. The van der Waals surface area contributed by atoms with Crippen molar-refractivity contribution in [2.24, 2.45) is 0 Å². The number of benzene rings is 1. The summed E-state index contributed by atoms with van der Waals surface area (Å²) in [5.74, 6) is -1.60. The zero-order valence-corrected chi connectivity index (χ0v) is 12.9. The lowest BCUT2D eigenvalue weighted by Crippen LogP contribution is -2.28. The van der Waals surface area contributed by atoms with Crippen molar-refractivity contribution >= 4 is 23.2 Å². The van der Waals surface area contributed by atoms with E-state index < -0.39 is 5.97 Å². The Balaban J connectivity index is 2.00. The van der Waals surface area contributed by atoms with E-state index in [1.165, 1.54) is 12.1 Å². The highest BCUT2D eigenvalue weighted by molar-refractivity contribution is 7.13. The first kappa shape index (κ1) is 16.1. The van der Waals surface area contributed by atoms with E-state index in [-0.39, 0.29) is 29.1 Å². The van der Waals surface area contributed by atoms with E-state index in [4.69, 9.17) is 5.11 Å². The van der Waals surface area contributed by atoms with Gasteiger partial charge < -0.3 is 10.4 Å². The molecule has 2 N–H and O–H groups in total. The van der Waals surface area contributed by atoms with Crippen LogP contribution in [-0.4, -0.2) is 22.0 Å². The van der Waals surface area contributed by atoms with E-state index in [0.717, 1.165) is 11.3 Å². The third-order valence-corrected chi connectivity index (χ3v) is 4.36. The Labute approximate surface area is 130 Å². The van der Waals surface area contributed by atoms with Gasteiger partial charge >= 0.3 is 5.97 Å². The lowest BCUT2D eigenvalue weighted by molar-refractivity contribution is -0.121. The number of thiazole rings is 1. The van der Waals surface area contributed by atoms with E-state index in [9.17, 15) is 14.0 Å². The fourth-order valence-electron chi connectivity index (χ4n) is 1.94. The third-order valence-electron chi connectivity index (χ3n) is 3.03. The van der Waals surface area contributed by atoms with Crippen molar-refractivity contribution in [1.82, 2.24) is 10.3 Å². The smallest absolute Gasteiger partial charge is 0.347 e. The Morgan fingerprint density at radius 3 is 2.55 bits per heavy atom. The van der Waals surface area contributed by atoms with Crippen molar-refractivity contribution in [1.29, 1.82) is 0 Å². The van der Waals surface area contributed by atoms with Gasteiger partial charge in [0, 0.05) is 0 Å². The van der Waals surface area contributed by atoms with E-state index >= 15 is 0 Å². The molecule has 0 fully saturated rings. The van der Waals surface area contributed by atoms with Crippen LogP contribution in [0.15, 0.2) is 24.3 Å². The second-order valence-electron chi connectivity index (χ2n) is 4.86. The zero-order chi connectivity index (χ0) is 16.3. The van der Waals surface area contributed by atoms with Crippen LogP contribution < -0.4 is 5.32 Å². The van der Waals surface area contributed by atoms with Gasteiger partial charge in [0.25, 0.3) is 0 Å². The van der Waals surface area contributed by atoms with Crippen molar-refractivity contribution in [3.63, 3.8) is 0 Å². The van der Waals surface area contributed by atoms with Crippen LogP contribution in [0.25, 0.3) is 0 Å². The van der Waals surface area contributed by atoms with Crippen LogP contribution in [0.2, 0.25) is 0 Å². The average molecular weight is 322 g/mol. The molecule has 0 spiro atoms. The van der Waals surface area contributed by atoms with Gasteiger partial charge in [-0.15, -0.1) is 11.3 Å². The lowest BCUT2D eigenvalue weighted by atomic mass is 10.1. The molecule has 22 heavy (non-hydrogen) atoms. The number of hydrogen-bond donors (Lipinski definition) is 2. The van der Waals surface area contributed by atoms with E-state index in [1.807, 2.05) is 0 Å². The number of carbonyl (C=O) groups excluding carboxylic acids is 1. The molecule has 2 rings (SSSR count). The minimum Gasteiger partial charge on any atom is -0.477 e. The van der Waals surface area contributed by atoms with Gasteiger partial charge in [-0.25, -0.2) is 14.2 Å². The molecule has 0 aliphatic carbocycles. The SMILES string of the molecule is Cc1nc([C@@H](C)NC(=O)Cc2ccc(F)cc2)sc1C(=O)O. The van der Waals surface area contributed by atoms with Crippen LogP contribution in [0.3, 0.4) is 0 Å². The van der Waals surface area contributed by atoms with Gasteiger partial charge in [-0.1, -0.05) is 12.1 Å². The fraction of sp³-hybridized carbons (Fsp3) is 0.267. The second-order valence-corrected chi connectivity index (χ2v) is 5.89. The molecule has 0 radical (unpaired) electrons. The number of halogens is 1. The number of carbonyl (C=O) groups is 2. The van der Waals surface area contributed by atoms with Gasteiger partial charge in [0.05, 0.1) is 18.2 Å². The molecule has 116 valence electrons. The Morgan fingerprint density at radius 1 is 1.36 bits per heavy atom. The van der Waals surface area contributed by atoms with E-state index in [1.54, 1.807) is 26.0 Å². The monoisotopic (exact) mass is 322 g/mol. The molecular formula is C15H15FN2O3S. The minimum atomic E-state index is -1.02. The number of carboxylic acids is 1. The molecule has 1 atom stereocenters. The van der Waals surface area contributed by atoms with Gasteiger partial charge in [-0.05, 0) is 31.5 Å². The first-order valence-corrected chi connectivity index (χ1v) is 7.43. The fourth-order valence-corrected chi connectivity index (χ4v) is 2.85. The molecule has 1 heterocycles. The van der Waals surface area contributed by atoms with Gasteiger partial charge in [-0.3, -0.25) is 4.79 Å². The van der Waals surface area contributed by atoms with Gasteiger partial charge in [-0.2, -0.15) is 0 Å². The number of rotatable bonds is 5. The molecule has 1 amide bonds. The third kappa shape index (κ3) is 3.88. The largest absolute Gasteiger partial charge is 0.477 e. The Kier molecular flexibility index (Phi) is 4.87. The quantitative estimate of drug-likeness (QED) is 0.887. The number of nitrogens with zero attached hydrogens (tertiary/aromatic N) is 1. The minimum absolute atomic E-state index is 0.126. The van der Waals surface area contributed by atoms with Crippen LogP contribution >= 0.6 is 11.3 Å². The molecule has 7 heteroatoms. The number of hydrogen-bond acceptors (Lipinski definition) is 4. The Bertz CT molecular complexity index is 697. The summed E-state index contributed by atoms with van der Waals surface area (Å²) in [7, 11) is 0. The highest BCUT2D eigenvalue weighted by Crippen LogP contribution is 2.23. The topological polar surface area (TPSA) is 79.3 Å². The molecule has 0 unspecified atom stereocenters. The summed E-state index contributed by atoms with van der Waals surface area (Å²) in [6, 6.07) is 5.32. The molecule has 5 nitrogen and oxygen atoms in total. The van der Waals surface area contributed by atoms with Gasteiger partial charge in [0.2, 0.25) is 5.91 Å². The number of amides is 1. The summed E-state index contributed by atoms with van der Waals surface area (Å²) >= 11 is 1.05. The summed E-state index contributed by atoms with van der Waals surface area (Å²) in [6.07, 6.45) is 0.126. The molecule has 0 saturated carbocycles. The summed E-state index contributed by atoms with van der Waals surface area (Å²) in [6.45, 7) is 3.36. The number of nitrogens with one attached hydrogen (secondary N) is 1. The standard InChI is InChI=1S/C15H15FN2O3S/c1-8-13(15(20)21)22-14(18-8)9(2)17-12(19)7-10-3-5-11(16)6-4-10/h3-6,9H,7H2,1-2H3,(H,17,19)(H,20,21)/t9-/m1/s1. The predicted molar refractivity (Wildman–Crippen MR) is 80.5 cm³/mol. The van der Waals surface area contributed by atoms with Crippen molar-refractivity contribution in [3.8, 4) is 0 Å². The first-order chi connectivity index (χ1) is 10.4. The summed E-state index contributed by atoms with van der Waals surface area (Å²) in [4.78, 5) is 27.3. The number of aromatic nitrogens is 1. The van der Waals surface area contributed by atoms with E-state index in [0.29, 0.717) is 16.3 Å². The van der Waals surface area contributed by atoms with Crippen molar-refractivity contribution in [3.05, 3.63) is 51.2 Å². The van der Waals surface area contributed by atoms with Gasteiger partial charge in [0.1, 0.15) is 15.7 Å². The maximum absolute atomic E-state index is 12.8. The van der Waals surface area contributed by atoms with Gasteiger partial charge in [0.15, 0.2) is 0 Å². The summed E-state index contributed by atoms with van der Waals surface area (Å²) < 4.78 is 12.8. The number of aromatic carboxylic acids is 1. The maximum Gasteiger partial charge on any atom is 0.347 e. The van der Waals surface area contributed by atoms with Crippen molar-refractivity contribution < 1.29 is 19.1 Å². The maximum atomic E-state index is 12.8. The molecule has 2 aromatic rings. The highest BCUT2D eigenvalue weighted by atomic mass is 32.1. The number of aryl methyl sites for hydroxylation is 1. The molecule has 0 aliphatic heterocycles. The molecular weight excluding hydrogens is 307 g/mol. The number of carboxylic acid groups (broad SMARTS) is 1. The van der Waals surface area contributed by atoms with Crippen molar-refractivity contribution in [2.75, 3.05) is 0 Å². The molecule has 1 aromatic heterocycles. The highest BCUT2D eigenvalue weighted by Gasteiger charge is 2.19. The molecule has 1 aromatic carbocycles. The first-order valence-electron chi connectivity index (χ1n) is 6.61. The Hall–Kier alpha value is -2.28. The zero-order valence-electron chi connectivity index (χ0n) is 12.1. The lowest BCUT2D eigenvalue weighted by Gasteiger charge is -2.11. The summed E-state index contributed by atoms with van der Waals surface area (Å²) in [5, 5.41) is 12.3. The van der Waals surface area contributed by atoms with Crippen LogP contribution in [0.4, 0.5) is 4.39 Å². The van der Waals surface area contributed by atoms with Crippen LogP contribution in [0.5, 0.6) is 0 Å². The molecule has 0 saturated heterocycles.